The predicted octanol–water partition coefficient (Wildman–Crippen LogP) is 3.78. The van der Waals surface area contributed by atoms with Gasteiger partial charge in [0, 0.05) is 11.6 Å². The number of piperidine rings is 1. The Hall–Kier alpha value is -0.770. The average Bonchev–Trinajstić information content (AvgIpc) is 2.46. The van der Waals surface area contributed by atoms with Crippen molar-refractivity contribution in [1.29, 1.82) is 0 Å². The molecule has 0 atom stereocenters. The second kappa shape index (κ2) is 8.62. The molecule has 1 heterocycles. The van der Waals surface area contributed by atoms with Crippen LogP contribution in [0.4, 0.5) is 0 Å². The van der Waals surface area contributed by atoms with E-state index in [2.05, 4.69) is 11.8 Å². The van der Waals surface area contributed by atoms with Gasteiger partial charge in [0.15, 0.2) is 0 Å². The zero-order valence-corrected chi connectivity index (χ0v) is 13.9. The van der Waals surface area contributed by atoms with Gasteiger partial charge in [0.05, 0.1) is 13.2 Å². The van der Waals surface area contributed by atoms with Crippen LogP contribution in [0.5, 0.6) is 5.75 Å². The number of hydrogen-bond donors (Lipinski definition) is 0. The fourth-order valence-electron chi connectivity index (χ4n) is 2.57. The molecule has 1 saturated heterocycles. The van der Waals surface area contributed by atoms with E-state index in [1.807, 2.05) is 25.1 Å². The van der Waals surface area contributed by atoms with Crippen LogP contribution in [0, 0.1) is 12.8 Å². The molecule has 1 aliphatic heterocycles. The van der Waals surface area contributed by atoms with Crippen LogP contribution in [0.15, 0.2) is 18.2 Å². The van der Waals surface area contributed by atoms with Gasteiger partial charge in [-0.05, 0) is 62.5 Å². The van der Waals surface area contributed by atoms with Crippen molar-refractivity contribution >= 4 is 11.6 Å². The first-order chi connectivity index (χ1) is 10.1. The lowest BCUT2D eigenvalue weighted by molar-refractivity contribution is 0.0707. The normalized spacial score (nSPS) is 17.1. The van der Waals surface area contributed by atoms with E-state index in [-0.39, 0.29) is 0 Å². The first kappa shape index (κ1) is 16.6. The first-order valence-electron chi connectivity index (χ1n) is 7.84. The van der Waals surface area contributed by atoms with Crippen LogP contribution in [-0.4, -0.2) is 44.4 Å². The molecule has 1 aliphatic rings. The Labute approximate surface area is 133 Å². The van der Waals surface area contributed by atoms with Crippen LogP contribution < -0.4 is 4.74 Å². The Morgan fingerprint density at radius 2 is 1.95 bits per heavy atom. The molecule has 0 spiro atoms. The van der Waals surface area contributed by atoms with E-state index in [0.717, 1.165) is 35.4 Å². The van der Waals surface area contributed by atoms with Crippen molar-refractivity contribution in [3.8, 4) is 5.75 Å². The van der Waals surface area contributed by atoms with Gasteiger partial charge in [-0.1, -0.05) is 18.5 Å². The third-order valence-corrected chi connectivity index (χ3v) is 4.29. The number of benzene rings is 1. The van der Waals surface area contributed by atoms with Crippen LogP contribution in [0.1, 0.15) is 25.3 Å². The van der Waals surface area contributed by atoms with Crippen molar-refractivity contribution in [2.45, 2.75) is 26.7 Å². The Kier molecular flexibility index (Phi) is 6.81. The van der Waals surface area contributed by atoms with Gasteiger partial charge in [0.2, 0.25) is 0 Å². The third-order valence-electron chi connectivity index (χ3n) is 4.05. The number of halogens is 1. The summed E-state index contributed by atoms with van der Waals surface area (Å²) in [6.07, 6.45) is 2.64. The lowest BCUT2D eigenvalue weighted by atomic mass is 9.99. The summed E-state index contributed by atoms with van der Waals surface area (Å²) in [5, 5.41) is 0.743. The molecule has 0 saturated carbocycles. The molecule has 0 radical (unpaired) electrons. The van der Waals surface area contributed by atoms with Crippen LogP contribution in [-0.2, 0) is 4.74 Å². The summed E-state index contributed by atoms with van der Waals surface area (Å²) in [4.78, 5) is 2.49. The average molecular weight is 312 g/mol. The molecule has 0 unspecified atom stereocenters. The van der Waals surface area contributed by atoms with E-state index < -0.39 is 0 Å². The van der Waals surface area contributed by atoms with Crippen LogP contribution in [0.25, 0.3) is 0 Å². The first-order valence-corrected chi connectivity index (χ1v) is 8.22. The number of rotatable bonds is 7. The summed E-state index contributed by atoms with van der Waals surface area (Å²) in [7, 11) is 0. The van der Waals surface area contributed by atoms with E-state index in [0.29, 0.717) is 13.2 Å². The molecule has 0 aromatic heterocycles. The molecule has 1 aromatic rings. The van der Waals surface area contributed by atoms with Crippen molar-refractivity contribution in [1.82, 2.24) is 4.90 Å². The largest absolute Gasteiger partial charge is 0.491 e. The van der Waals surface area contributed by atoms with Crippen molar-refractivity contribution in [3.05, 3.63) is 28.8 Å². The summed E-state index contributed by atoms with van der Waals surface area (Å²) in [6, 6.07) is 5.67. The van der Waals surface area contributed by atoms with Crippen LogP contribution >= 0.6 is 11.6 Å². The van der Waals surface area contributed by atoms with E-state index in [4.69, 9.17) is 21.1 Å². The van der Waals surface area contributed by atoms with E-state index in [9.17, 15) is 0 Å². The molecule has 118 valence electrons. The molecule has 1 fully saturated rings. The van der Waals surface area contributed by atoms with Crippen LogP contribution in [0.3, 0.4) is 0 Å². The second-order valence-electron chi connectivity index (χ2n) is 5.89. The Balaban J connectivity index is 1.54. The topological polar surface area (TPSA) is 21.7 Å². The Morgan fingerprint density at radius 1 is 1.19 bits per heavy atom. The van der Waals surface area contributed by atoms with Gasteiger partial charge < -0.3 is 14.4 Å². The SMILES string of the molecule is Cc1cc(Cl)ccc1OCCOCCN1CCC(C)CC1. The molecular weight excluding hydrogens is 286 g/mol. The van der Waals surface area contributed by atoms with Crippen molar-refractivity contribution in [2.75, 3.05) is 39.5 Å². The molecule has 0 aliphatic carbocycles. The highest BCUT2D eigenvalue weighted by Gasteiger charge is 2.14. The quantitative estimate of drug-likeness (QED) is 0.715. The van der Waals surface area contributed by atoms with E-state index in [1.54, 1.807) is 0 Å². The zero-order chi connectivity index (χ0) is 15.1. The molecule has 2 rings (SSSR count). The fourth-order valence-corrected chi connectivity index (χ4v) is 2.79. The van der Waals surface area contributed by atoms with Gasteiger partial charge >= 0.3 is 0 Å². The van der Waals surface area contributed by atoms with Gasteiger partial charge in [-0.2, -0.15) is 0 Å². The standard InChI is InChI=1S/C17H26ClNO2/c1-14-5-7-19(8-6-14)9-10-20-11-12-21-17-4-3-16(18)13-15(17)2/h3-4,13-14H,5-12H2,1-2H3. The van der Waals surface area contributed by atoms with Gasteiger partial charge in [-0.3, -0.25) is 0 Å². The Bertz CT molecular complexity index is 431. The van der Waals surface area contributed by atoms with Crippen molar-refractivity contribution in [3.63, 3.8) is 0 Å². The molecule has 0 amide bonds. The number of hydrogen-bond acceptors (Lipinski definition) is 3. The number of ether oxygens (including phenoxy) is 2. The highest BCUT2D eigenvalue weighted by molar-refractivity contribution is 6.30. The number of nitrogens with zero attached hydrogens (tertiary/aromatic N) is 1. The highest BCUT2D eigenvalue weighted by Crippen LogP contribution is 2.21. The highest BCUT2D eigenvalue weighted by atomic mass is 35.5. The lowest BCUT2D eigenvalue weighted by Gasteiger charge is -2.29. The number of likely N-dealkylation sites (tertiary alicyclic amines) is 1. The van der Waals surface area contributed by atoms with E-state index >= 15 is 0 Å². The molecule has 0 bridgehead atoms. The van der Waals surface area contributed by atoms with Crippen molar-refractivity contribution in [2.24, 2.45) is 5.92 Å². The van der Waals surface area contributed by atoms with Gasteiger partial charge in [0.1, 0.15) is 12.4 Å². The molecule has 4 heteroatoms. The van der Waals surface area contributed by atoms with Crippen LogP contribution in [0.2, 0.25) is 5.02 Å². The summed E-state index contributed by atoms with van der Waals surface area (Å²) in [6.45, 7) is 9.80. The molecule has 3 nitrogen and oxygen atoms in total. The molecule has 1 aromatic carbocycles. The number of aryl methyl sites for hydroxylation is 1. The van der Waals surface area contributed by atoms with Crippen molar-refractivity contribution < 1.29 is 9.47 Å². The lowest BCUT2D eigenvalue weighted by Crippen LogP contribution is -2.35. The van der Waals surface area contributed by atoms with E-state index in [1.165, 1.54) is 25.9 Å². The molecule has 0 N–H and O–H groups in total. The zero-order valence-electron chi connectivity index (χ0n) is 13.1. The minimum atomic E-state index is 0.583. The minimum absolute atomic E-state index is 0.583. The second-order valence-corrected chi connectivity index (χ2v) is 6.33. The maximum absolute atomic E-state index is 5.92. The minimum Gasteiger partial charge on any atom is -0.491 e. The monoisotopic (exact) mass is 311 g/mol. The molecular formula is C17H26ClNO2. The summed E-state index contributed by atoms with van der Waals surface area (Å²) in [5.74, 6) is 1.77. The third kappa shape index (κ3) is 5.85. The summed E-state index contributed by atoms with van der Waals surface area (Å²) < 4.78 is 11.4. The maximum Gasteiger partial charge on any atom is 0.122 e. The van der Waals surface area contributed by atoms with Gasteiger partial charge in [-0.25, -0.2) is 0 Å². The fraction of sp³-hybridized carbons (Fsp3) is 0.647. The molecule has 21 heavy (non-hydrogen) atoms. The Morgan fingerprint density at radius 3 is 2.67 bits per heavy atom. The van der Waals surface area contributed by atoms with Gasteiger partial charge in [0.25, 0.3) is 0 Å². The maximum atomic E-state index is 5.92. The van der Waals surface area contributed by atoms with Gasteiger partial charge in [-0.15, -0.1) is 0 Å². The summed E-state index contributed by atoms with van der Waals surface area (Å²) in [5.41, 5.74) is 1.06. The smallest absolute Gasteiger partial charge is 0.122 e. The summed E-state index contributed by atoms with van der Waals surface area (Å²) >= 11 is 5.92. The predicted molar refractivity (Wildman–Crippen MR) is 87.3 cm³/mol.